The number of anilines is 1. The summed E-state index contributed by atoms with van der Waals surface area (Å²) in [7, 11) is 0. The maximum Gasteiger partial charge on any atom is 0.483 e. The molecule has 0 spiro atoms. The highest BCUT2D eigenvalue weighted by Gasteiger charge is 2.51. The molecule has 2 aromatic carbocycles. The van der Waals surface area contributed by atoms with Gasteiger partial charge in [0.2, 0.25) is 0 Å². The Bertz CT molecular complexity index is 807. The van der Waals surface area contributed by atoms with E-state index in [2.05, 4.69) is 4.74 Å². The molecule has 0 atom stereocenters. The lowest BCUT2D eigenvalue weighted by atomic mass is 10.1. The zero-order valence-electron chi connectivity index (χ0n) is 12.7. The van der Waals surface area contributed by atoms with Gasteiger partial charge in [0.1, 0.15) is 11.6 Å². The summed E-state index contributed by atoms with van der Waals surface area (Å²) in [5, 5.41) is 0. The second-order valence-electron chi connectivity index (χ2n) is 5.37. The van der Waals surface area contributed by atoms with Crippen LogP contribution in [0.5, 0.6) is 5.75 Å². The SMILES string of the molecule is CCc1c(F)ccc2c1OC(F)(F)C(=O)N2Cc1cccc(F)c1. The Morgan fingerprint density at radius 1 is 1.17 bits per heavy atom. The largest absolute Gasteiger partial charge is 0.483 e. The van der Waals surface area contributed by atoms with Crippen molar-refractivity contribution < 1.29 is 27.1 Å². The lowest BCUT2D eigenvalue weighted by Gasteiger charge is -2.34. The molecule has 0 aromatic heterocycles. The van der Waals surface area contributed by atoms with Crippen LogP contribution in [0.1, 0.15) is 18.1 Å². The van der Waals surface area contributed by atoms with Crippen molar-refractivity contribution in [2.24, 2.45) is 0 Å². The first kappa shape index (κ1) is 16.3. The topological polar surface area (TPSA) is 29.5 Å². The first-order chi connectivity index (χ1) is 11.3. The highest BCUT2D eigenvalue weighted by molar-refractivity contribution is 6.01. The smallest absolute Gasteiger partial charge is 0.423 e. The minimum atomic E-state index is -4.11. The Hall–Kier alpha value is -2.57. The number of carbonyl (C=O) groups is 1. The summed E-state index contributed by atoms with van der Waals surface area (Å²) >= 11 is 0. The van der Waals surface area contributed by atoms with Gasteiger partial charge in [0.15, 0.2) is 5.75 Å². The predicted octanol–water partition coefficient (Wildman–Crippen LogP) is 4.05. The molecule has 2 aromatic rings. The van der Waals surface area contributed by atoms with Crippen LogP contribution < -0.4 is 9.64 Å². The molecule has 0 N–H and O–H groups in total. The molecule has 1 aliphatic heterocycles. The molecule has 24 heavy (non-hydrogen) atoms. The molecule has 0 saturated carbocycles. The van der Waals surface area contributed by atoms with Crippen molar-refractivity contribution in [1.82, 2.24) is 0 Å². The van der Waals surface area contributed by atoms with Crippen LogP contribution in [0.2, 0.25) is 0 Å². The number of hydrogen-bond donors (Lipinski definition) is 0. The summed E-state index contributed by atoms with van der Waals surface area (Å²) in [6.07, 6.45) is -3.99. The number of alkyl halides is 2. The molecular formula is C17H13F4NO2. The van der Waals surface area contributed by atoms with E-state index in [1.54, 1.807) is 6.92 Å². The molecule has 1 heterocycles. The molecular weight excluding hydrogens is 326 g/mol. The van der Waals surface area contributed by atoms with Crippen LogP contribution >= 0.6 is 0 Å². The molecule has 3 nitrogen and oxygen atoms in total. The number of ether oxygens (including phenoxy) is 1. The highest BCUT2D eigenvalue weighted by Crippen LogP contribution is 2.43. The summed E-state index contributed by atoms with van der Waals surface area (Å²) in [5.74, 6) is -3.17. The molecule has 0 saturated heterocycles. The molecule has 1 amide bonds. The Morgan fingerprint density at radius 2 is 1.92 bits per heavy atom. The summed E-state index contributed by atoms with van der Waals surface area (Å²) < 4.78 is 59.5. The maximum atomic E-state index is 13.9. The van der Waals surface area contributed by atoms with Crippen LogP contribution in [0.25, 0.3) is 0 Å². The van der Waals surface area contributed by atoms with Gasteiger partial charge in [-0.05, 0) is 36.2 Å². The van der Waals surface area contributed by atoms with Gasteiger partial charge >= 0.3 is 12.0 Å². The number of nitrogens with zero attached hydrogens (tertiary/aromatic N) is 1. The minimum absolute atomic E-state index is 0.0356. The Labute approximate surface area is 135 Å². The molecule has 1 aliphatic rings. The van der Waals surface area contributed by atoms with E-state index in [1.165, 1.54) is 24.3 Å². The normalized spacial score (nSPS) is 15.9. The van der Waals surface area contributed by atoms with Gasteiger partial charge in [0, 0.05) is 5.56 Å². The second kappa shape index (κ2) is 5.81. The predicted molar refractivity (Wildman–Crippen MR) is 78.9 cm³/mol. The highest BCUT2D eigenvalue weighted by atomic mass is 19.3. The van der Waals surface area contributed by atoms with Crippen LogP contribution in [0.15, 0.2) is 36.4 Å². The van der Waals surface area contributed by atoms with E-state index in [1.807, 2.05) is 0 Å². The van der Waals surface area contributed by atoms with Crippen molar-refractivity contribution in [2.45, 2.75) is 26.0 Å². The van der Waals surface area contributed by atoms with Gasteiger partial charge in [-0.15, -0.1) is 0 Å². The average molecular weight is 339 g/mol. The molecule has 0 unspecified atom stereocenters. The van der Waals surface area contributed by atoms with Crippen LogP contribution in [0.3, 0.4) is 0 Å². The molecule has 0 aliphatic carbocycles. The van der Waals surface area contributed by atoms with Gasteiger partial charge in [0.25, 0.3) is 0 Å². The maximum absolute atomic E-state index is 13.9. The van der Waals surface area contributed by atoms with Crippen molar-refractivity contribution in [3.63, 3.8) is 0 Å². The molecule has 0 bridgehead atoms. The van der Waals surface area contributed by atoms with Crippen molar-refractivity contribution in [3.8, 4) is 5.75 Å². The van der Waals surface area contributed by atoms with Gasteiger partial charge in [-0.1, -0.05) is 19.1 Å². The number of hydrogen-bond acceptors (Lipinski definition) is 2. The van der Waals surface area contributed by atoms with Gasteiger partial charge in [-0.25, -0.2) is 8.78 Å². The van der Waals surface area contributed by atoms with E-state index >= 15 is 0 Å². The fraction of sp³-hybridized carbons (Fsp3) is 0.235. The lowest BCUT2D eigenvalue weighted by molar-refractivity contribution is -0.193. The zero-order valence-corrected chi connectivity index (χ0v) is 12.7. The molecule has 3 rings (SSSR count). The lowest BCUT2D eigenvalue weighted by Crippen LogP contribution is -2.50. The van der Waals surface area contributed by atoms with Crippen molar-refractivity contribution in [2.75, 3.05) is 4.90 Å². The third kappa shape index (κ3) is 2.70. The molecule has 0 radical (unpaired) electrons. The summed E-state index contributed by atoms with van der Waals surface area (Å²) in [6, 6.07) is 7.57. The summed E-state index contributed by atoms with van der Waals surface area (Å²) in [5.41, 5.74) is 0.326. The first-order valence-electron chi connectivity index (χ1n) is 7.28. The van der Waals surface area contributed by atoms with E-state index in [4.69, 9.17) is 0 Å². The molecule has 7 heteroatoms. The second-order valence-corrected chi connectivity index (χ2v) is 5.37. The van der Waals surface area contributed by atoms with E-state index in [0.29, 0.717) is 5.56 Å². The number of fused-ring (bicyclic) bond motifs is 1. The third-order valence-corrected chi connectivity index (χ3v) is 3.78. The minimum Gasteiger partial charge on any atom is -0.423 e. The number of carbonyl (C=O) groups excluding carboxylic acids is 1. The molecule has 0 fully saturated rings. The average Bonchev–Trinajstić information content (AvgIpc) is 2.52. The van der Waals surface area contributed by atoms with Gasteiger partial charge in [-0.2, -0.15) is 8.78 Å². The monoisotopic (exact) mass is 339 g/mol. The van der Waals surface area contributed by atoms with E-state index < -0.39 is 23.7 Å². The van der Waals surface area contributed by atoms with Crippen molar-refractivity contribution in [3.05, 3.63) is 59.2 Å². The van der Waals surface area contributed by atoms with Gasteiger partial charge in [-0.3, -0.25) is 9.69 Å². The van der Waals surface area contributed by atoms with E-state index in [-0.39, 0.29) is 30.0 Å². The van der Waals surface area contributed by atoms with Gasteiger partial charge in [0.05, 0.1) is 12.2 Å². The van der Waals surface area contributed by atoms with Crippen LogP contribution in [0, 0.1) is 11.6 Å². The molecule has 126 valence electrons. The number of rotatable bonds is 3. The summed E-state index contributed by atoms with van der Waals surface area (Å²) in [4.78, 5) is 12.8. The Kier molecular flexibility index (Phi) is 3.95. The first-order valence-corrected chi connectivity index (χ1v) is 7.28. The van der Waals surface area contributed by atoms with Gasteiger partial charge < -0.3 is 4.74 Å². The fourth-order valence-electron chi connectivity index (χ4n) is 2.66. The number of benzene rings is 2. The Balaban J connectivity index is 2.10. The van der Waals surface area contributed by atoms with E-state index in [9.17, 15) is 22.4 Å². The van der Waals surface area contributed by atoms with Crippen LogP contribution in [-0.2, 0) is 17.8 Å². The van der Waals surface area contributed by atoms with Crippen LogP contribution in [0.4, 0.5) is 23.2 Å². The van der Waals surface area contributed by atoms with E-state index in [0.717, 1.165) is 17.0 Å². The Morgan fingerprint density at radius 3 is 2.58 bits per heavy atom. The van der Waals surface area contributed by atoms with Crippen LogP contribution in [-0.4, -0.2) is 12.0 Å². The standard InChI is InChI=1S/C17H13F4NO2/c1-2-12-13(19)6-7-14-15(12)24-17(20,21)16(23)22(14)9-10-4-3-5-11(18)8-10/h3-8H,2,9H2,1H3. The quantitative estimate of drug-likeness (QED) is 0.790. The number of halogens is 4. The number of amides is 1. The fourth-order valence-corrected chi connectivity index (χ4v) is 2.66. The van der Waals surface area contributed by atoms with Crippen molar-refractivity contribution >= 4 is 11.6 Å². The third-order valence-electron chi connectivity index (χ3n) is 3.78. The van der Waals surface area contributed by atoms with Crippen molar-refractivity contribution in [1.29, 1.82) is 0 Å². The summed E-state index contributed by atoms with van der Waals surface area (Å²) in [6.45, 7) is 1.31. The zero-order chi connectivity index (χ0) is 17.5.